The van der Waals surface area contributed by atoms with Gasteiger partial charge in [-0.05, 0) is 24.6 Å². The molecule has 4 nitrogen and oxygen atoms in total. The minimum absolute atomic E-state index is 0.224. The second-order valence-corrected chi connectivity index (χ2v) is 4.31. The predicted molar refractivity (Wildman–Crippen MR) is 58.5 cm³/mol. The number of rotatable bonds is 2. The number of aromatic nitrogens is 1. The fraction of sp³-hybridized carbons (Fsp3) is 0.200. The van der Waals surface area contributed by atoms with Gasteiger partial charge in [-0.2, -0.15) is 0 Å². The molecule has 1 heterocycles. The van der Waals surface area contributed by atoms with Crippen LogP contribution in [-0.2, 0) is 11.3 Å². The molecule has 0 saturated carbocycles. The van der Waals surface area contributed by atoms with E-state index in [9.17, 15) is 9.59 Å². The Bertz CT molecular complexity index is 582. The van der Waals surface area contributed by atoms with Gasteiger partial charge in [-0.25, -0.2) is 0 Å². The Morgan fingerprint density at radius 1 is 1.53 bits per heavy atom. The molecule has 2 rings (SSSR count). The zero-order chi connectivity index (χ0) is 11.0. The molecular formula is C10H9NO3S. The van der Waals surface area contributed by atoms with Gasteiger partial charge in [0, 0.05) is 0 Å². The first kappa shape index (κ1) is 9.92. The van der Waals surface area contributed by atoms with Crippen LogP contribution < -0.4 is 4.87 Å². The molecule has 0 bridgehead atoms. The second kappa shape index (κ2) is 3.51. The van der Waals surface area contributed by atoms with Crippen molar-refractivity contribution in [1.82, 2.24) is 4.57 Å². The summed E-state index contributed by atoms with van der Waals surface area (Å²) in [6.07, 6.45) is 0. The number of carboxylic acids is 1. The molecule has 0 fully saturated rings. The number of carboxylic acid groups (broad SMARTS) is 1. The van der Waals surface area contributed by atoms with E-state index in [-0.39, 0.29) is 11.4 Å². The number of aliphatic carboxylic acids is 1. The molecule has 0 unspecified atom stereocenters. The fourth-order valence-electron chi connectivity index (χ4n) is 1.46. The minimum Gasteiger partial charge on any atom is -0.480 e. The third-order valence-electron chi connectivity index (χ3n) is 2.12. The molecule has 0 radical (unpaired) electrons. The van der Waals surface area contributed by atoms with Crippen molar-refractivity contribution in [2.24, 2.45) is 0 Å². The van der Waals surface area contributed by atoms with Crippen molar-refractivity contribution in [3.63, 3.8) is 0 Å². The van der Waals surface area contributed by atoms with Crippen LogP contribution in [-0.4, -0.2) is 15.6 Å². The molecule has 1 N–H and O–H groups in total. The average Bonchev–Trinajstić information content (AvgIpc) is 2.43. The highest BCUT2D eigenvalue weighted by Gasteiger charge is 2.09. The Morgan fingerprint density at radius 2 is 2.27 bits per heavy atom. The topological polar surface area (TPSA) is 59.3 Å². The van der Waals surface area contributed by atoms with Crippen molar-refractivity contribution >= 4 is 27.5 Å². The lowest BCUT2D eigenvalue weighted by atomic mass is 10.2. The SMILES string of the molecule is Cc1ccc2sc(=O)n(CC(=O)O)c2c1. The fourth-order valence-corrected chi connectivity index (χ4v) is 2.33. The van der Waals surface area contributed by atoms with Gasteiger partial charge in [0.2, 0.25) is 0 Å². The van der Waals surface area contributed by atoms with Gasteiger partial charge in [-0.3, -0.25) is 14.2 Å². The van der Waals surface area contributed by atoms with E-state index in [1.807, 2.05) is 25.1 Å². The summed E-state index contributed by atoms with van der Waals surface area (Å²) in [6.45, 7) is 1.63. The number of aryl methyl sites for hydroxylation is 1. The van der Waals surface area contributed by atoms with Gasteiger partial charge in [-0.15, -0.1) is 0 Å². The summed E-state index contributed by atoms with van der Waals surface area (Å²) < 4.78 is 2.11. The van der Waals surface area contributed by atoms with E-state index in [0.29, 0.717) is 5.52 Å². The van der Waals surface area contributed by atoms with Gasteiger partial charge in [0.25, 0.3) is 0 Å². The van der Waals surface area contributed by atoms with Crippen LogP contribution in [0.1, 0.15) is 5.56 Å². The summed E-state index contributed by atoms with van der Waals surface area (Å²) in [5.74, 6) is -1.00. The van der Waals surface area contributed by atoms with Gasteiger partial charge in [-0.1, -0.05) is 17.4 Å². The molecule has 0 amide bonds. The van der Waals surface area contributed by atoms with Gasteiger partial charge < -0.3 is 5.11 Å². The average molecular weight is 223 g/mol. The van der Waals surface area contributed by atoms with Crippen molar-refractivity contribution in [2.45, 2.75) is 13.5 Å². The number of hydrogen-bond acceptors (Lipinski definition) is 3. The summed E-state index contributed by atoms with van der Waals surface area (Å²) in [4.78, 5) is 21.9. The Kier molecular flexibility index (Phi) is 2.32. The maximum absolute atomic E-state index is 11.5. The Hall–Kier alpha value is -1.62. The third-order valence-corrected chi connectivity index (χ3v) is 3.08. The first-order valence-corrected chi connectivity index (χ1v) is 5.21. The van der Waals surface area contributed by atoms with Crippen LogP contribution in [0.25, 0.3) is 10.2 Å². The molecule has 5 heteroatoms. The van der Waals surface area contributed by atoms with E-state index in [4.69, 9.17) is 5.11 Å². The van der Waals surface area contributed by atoms with E-state index >= 15 is 0 Å². The smallest absolute Gasteiger partial charge is 0.323 e. The van der Waals surface area contributed by atoms with Gasteiger partial charge >= 0.3 is 10.8 Å². The molecule has 78 valence electrons. The number of hydrogen-bond donors (Lipinski definition) is 1. The van der Waals surface area contributed by atoms with Crippen molar-refractivity contribution in [2.75, 3.05) is 0 Å². The highest BCUT2D eigenvalue weighted by molar-refractivity contribution is 7.16. The predicted octanol–water partition coefficient (Wildman–Crippen LogP) is 1.46. The minimum atomic E-state index is -1.00. The van der Waals surface area contributed by atoms with Crippen molar-refractivity contribution in [1.29, 1.82) is 0 Å². The summed E-state index contributed by atoms with van der Waals surface area (Å²) in [5.41, 5.74) is 1.71. The molecule has 0 aliphatic carbocycles. The molecule has 0 atom stereocenters. The Labute approximate surface area is 89.4 Å². The molecule has 0 spiro atoms. The lowest BCUT2D eigenvalue weighted by Gasteiger charge is -1.99. The summed E-state index contributed by atoms with van der Waals surface area (Å²) >= 11 is 1.07. The van der Waals surface area contributed by atoms with Crippen LogP contribution in [0.15, 0.2) is 23.0 Å². The molecule has 2 aromatic rings. The number of benzene rings is 1. The van der Waals surface area contributed by atoms with E-state index in [2.05, 4.69) is 0 Å². The van der Waals surface area contributed by atoms with Crippen molar-refractivity contribution < 1.29 is 9.90 Å². The van der Waals surface area contributed by atoms with Crippen LogP contribution in [0.3, 0.4) is 0 Å². The summed E-state index contributed by atoms with van der Waals surface area (Å²) in [6, 6.07) is 5.58. The van der Waals surface area contributed by atoms with Gasteiger partial charge in [0.1, 0.15) is 6.54 Å². The maximum Gasteiger partial charge on any atom is 0.323 e. The first-order valence-electron chi connectivity index (χ1n) is 4.40. The largest absolute Gasteiger partial charge is 0.480 e. The first-order chi connectivity index (χ1) is 7.08. The Morgan fingerprint density at radius 3 is 2.93 bits per heavy atom. The number of nitrogens with zero attached hydrogens (tertiary/aromatic N) is 1. The highest BCUT2D eigenvalue weighted by Crippen LogP contribution is 2.18. The number of thiazole rings is 1. The van der Waals surface area contributed by atoms with Crippen LogP contribution in [0, 0.1) is 6.92 Å². The summed E-state index contributed by atoms with van der Waals surface area (Å²) in [5, 5.41) is 8.68. The molecule has 0 aliphatic rings. The Balaban J connectivity index is 2.70. The number of fused-ring (bicyclic) bond motifs is 1. The van der Waals surface area contributed by atoms with Crippen LogP contribution >= 0.6 is 11.3 Å². The zero-order valence-electron chi connectivity index (χ0n) is 8.06. The summed E-state index contributed by atoms with van der Waals surface area (Å²) in [7, 11) is 0. The highest BCUT2D eigenvalue weighted by atomic mass is 32.1. The molecule has 0 aliphatic heterocycles. The standard InChI is InChI=1S/C10H9NO3S/c1-6-2-3-8-7(4-6)11(5-9(12)13)10(14)15-8/h2-4H,5H2,1H3,(H,12,13). The zero-order valence-corrected chi connectivity index (χ0v) is 8.87. The van der Waals surface area contributed by atoms with E-state index < -0.39 is 5.97 Å². The van der Waals surface area contributed by atoms with Crippen molar-refractivity contribution in [3.05, 3.63) is 33.4 Å². The second-order valence-electron chi connectivity index (χ2n) is 3.32. The lowest BCUT2D eigenvalue weighted by Crippen LogP contribution is -2.18. The van der Waals surface area contributed by atoms with Gasteiger partial charge in [0.05, 0.1) is 10.2 Å². The maximum atomic E-state index is 11.5. The van der Waals surface area contributed by atoms with Gasteiger partial charge in [0.15, 0.2) is 0 Å². The molecule has 0 saturated heterocycles. The molecule has 1 aromatic heterocycles. The van der Waals surface area contributed by atoms with Crippen molar-refractivity contribution in [3.8, 4) is 0 Å². The number of carbonyl (C=O) groups is 1. The van der Waals surface area contributed by atoms with Crippen LogP contribution in [0.2, 0.25) is 0 Å². The van der Waals surface area contributed by atoms with E-state index in [1.165, 1.54) is 4.57 Å². The monoisotopic (exact) mass is 223 g/mol. The van der Waals surface area contributed by atoms with E-state index in [1.54, 1.807) is 0 Å². The third kappa shape index (κ3) is 1.78. The normalized spacial score (nSPS) is 10.7. The van der Waals surface area contributed by atoms with E-state index in [0.717, 1.165) is 21.6 Å². The molecule has 1 aromatic carbocycles. The lowest BCUT2D eigenvalue weighted by molar-refractivity contribution is -0.137. The van der Waals surface area contributed by atoms with Crippen LogP contribution in [0.5, 0.6) is 0 Å². The molecular weight excluding hydrogens is 214 g/mol. The quantitative estimate of drug-likeness (QED) is 0.838. The molecule has 15 heavy (non-hydrogen) atoms. The van der Waals surface area contributed by atoms with Crippen LogP contribution in [0.4, 0.5) is 0 Å².